The van der Waals surface area contributed by atoms with Crippen LogP contribution in [-0.4, -0.2) is 18.9 Å². The number of benzene rings is 2. The Kier molecular flexibility index (Phi) is 4.33. The summed E-state index contributed by atoms with van der Waals surface area (Å²) in [5.41, 5.74) is 0.955. The molecule has 0 saturated carbocycles. The van der Waals surface area contributed by atoms with Gasteiger partial charge in [-0.3, -0.25) is 9.59 Å². The van der Waals surface area contributed by atoms with Gasteiger partial charge in [0.25, 0.3) is 5.91 Å². The lowest BCUT2D eigenvalue weighted by molar-refractivity contribution is -0.116. The first-order valence-electron chi connectivity index (χ1n) is 6.40. The second-order valence-corrected chi connectivity index (χ2v) is 4.53. The molecule has 21 heavy (non-hydrogen) atoms. The van der Waals surface area contributed by atoms with Gasteiger partial charge in [-0.1, -0.05) is 24.3 Å². The van der Waals surface area contributed by atoms with Gasteiger partial charge in [0.1, 0.15) is 5.82 Å². The SMILES string of the molecule is CC(=O)N(C)c1ccccc1NC(=O)c1ccccc1F. The molecule has 0 fully saturated rings. The minimum absolute atomic E-state index is 0.0437. The van der Waals surface area contributed by atoms with Gasteiger partial charge >= 0.3 is 0 Å². The quantitative estimate of drug-likeness (QED) is 0.942. The topological polar surface area (TPSA) is 49.4 Å². The number of para-hydroxylation sites is 2. The Morgan fingerprint density at radius 3 is 2.33 bits per heavy atom. The summed E-state index contributed by atoms with van der Waals surface area (Å²) in [4.78, 5) is 25.0. The highest BCUT2D eigenvalue weighted by Crippen LogP contribution is 2.25. The molecule has 0 aliphatic rings. The monoisotopic (exact) mass is 286 g/mol. The van der Waals surface area contributed by atoms with Gasteiger partial charge in [-0.25, -0.2) is 4.39 Å². The van der Waals surface area contributed by atoms with E-state index in [1.165, 1.54) is 30.0 Å². The predicted octanol–water partition coefficient (Wildman–Crippen LogP) is 3.06. The van der Waals surface area contributed by atoms with Crippen molar-refractivity contribution in [2.45, 2.75) is 6.92 Å². The molecule has 108 valence electrons. The Hall–Kier alpha value is -2.69. The molecule has 4 nitrogen and oxygen atoms in total. The molecule has 0 bridgehead atoms. The highest BCUT2D eigenvalue weighted by Gasteiger charge is 2.15. The number of carbonyl (C=O) groups is 2. The molecule has 0 aliphatic heterocycles. The molecule has 1 N–H and O–H groups in total. The second-order valence-electron chi connectivity index (χ2n) is 4.53. The van der Waals surface area contributed by atoms with Crippen molar-refractivity contribution >= 4 is 23.2 Å². The molecular formula is C16H15FN2O2. The molecule has 5 heteroatoms. The molecule has 0 radical (unpaired) electrons. The van der Waals surface area contributed by atoms with Gasteiger partial charge in [-0.05, 0) is 24.3 Å². The summed E-state index contributed by atoms with van der Waals surface area (Å²) in [6.07, 6.45) is 0. The maximum atomic E-state index is 13.6. The third-order valence-electron chi connectivity index (χ3n) is 3.10. The molecule has 2 amide bonds. The fourth-order valence-electron chi connectivity index (χ4n) is 1.88. The summed E-state index contributed by atoms with van der Waals surface area (Å²) in [5.74, 6) is -1.31. The lowest BCUT2D eigenvalue weighted by atomic mass is 10.2. The van der Waals surface area contributed by atoms with Gasteiger partial charge < -0.3 is 10.2 Å². The lowest BCUT2D eigenvalue weighted by Crippen LogP contribution is -2.25. The summed E-state index contributed by atoms with van der Waals surface area (Å²) in [6.45, 7) is 1.43. The maximum Gasteiger partial charge on any atom is 0.258 e. The Morgan fingerprint density at radius 1 is 1.05 bits per heavy atom. The average Bonchev–Trinajstić information content (AvgIpc) is 2.47. The number of hydrogen-bond acceptors (Lipinski definition) is 2. The molecule has 0 spiro atoms. The molecular weight excluding hydrogens is 271 g/mol. The molecule has 2 rings (SSSR count). The van der Waals surface area contributed by atoms with Gasteiger partial charge in [0.15, 0.2) is 0 Å². The van der Waals surface area contributed by atoms with E-state index >= 15 is 0 Å². The zero-order chi connectivity index (χ0) is 15.4. The van der Waals surface area contributed by atoms with Crippen molar-refractivity contribution in [3.05, 3.63) is 59.9 Å². The van der Waals surface area contributed by atoms with Crippen LogP contribution in [0.3, 0.4) is 0 Å². The van der Waals surface area contributed by atoms with Crippen LogP contribution in [0.4, 0.5) is 15.8 Å². The molecule has 0 aliphatic carbocycles. The van der Waals surface area contributed by atoms with Crippen LogP contribution < -0.4 is 10.2 Å². The fraction of sp³-hybridized carbons (Fsp3) is 0.125. The minimum Gasteiger partial charge on any atom is -0.320 e. The van der Waals surface area contributed by atoms with Crippen LogP contribution >= 0.6 is 0 Å². The first-order chi connectivity index (χ1) is 10.0. The Labute approximate surface area is 122 Å². The molecule has 0 aromatic heterocycles. The number of carbonyl (C=O) groups excluding carboxylic acids is 2. The number of rotatable bonds is 3. The van der Waals surface area contributed by atoms with Crippen LogP contribution in [0, 0.1) is 5.82 Å². The van der Waals surface area contributed by atoms with Crippen LogP contribution in [0.1, 0.15) is 17.3 Å². The Balaban J connectivity index is 2.30. The van der Waals surface area contributed by atoms with Gasteiger partial charge in [-0.2, -0.15) is 0 Å². The number of nitrogens with one attached hydrogen (secondary N) is 1. The van der Waals surface area contributed by atoms with E-state index in [2.05, 4.69) is 5.32 Å². The van der Waals surface area contributed by atoms with E-state index in [1.54, 1.807) is 37.4 Å². The highest BCUT2D eigenvalue weighted by molar-refractivity contribution is 6.07. The third-order valence-corrected chi connectivity index (χ3v) is 3.10. The molecule has 0 heterocycles. The zero-order valence-electron chi connectivity index (χ0n) is 11.8. The van der Waals surface area contributed by atoms with Crippen LogP contribution in [0.25, 0.3) is 0 Å². The molecule has 0 atom stereocenters. The first kappa shape index (κ1) is 14.7. The zero-order valence-corrected chi connectivity index (χ0v) is 11.8. The van der Waals surface area contributed by atoms with E-state index in [0.29, 0.717) is 11.4 Å². The van der Waals surface area contributed by atoms with E-state index in [9.17, 15) is 14.0 Å². The van der Waals surface area contributed by atoms with Crippen molar-refractivity contribution in [3.63, 3.8) is 0 Å². The van der Waals surface area contributed by atoms with E-state index in [1.807, 2.05) is 0 Å². The standard InChI is InChI=1S/C16H15FN2O2/c1-11(20)19(2)15-10-6-5-9-14(15)18-16(21)12-7-3-4-8-13(12)17/h3-10H,1-2H3,(H,18,21). The van der Waals surface area contributed by atoms with Crippen molar-refractivity contribution in [2.75, 3.05) is 17.3 Å². The third kappa shape index (κ3) is 3.25. The van der Waals surface area contributed by atoms with Crippen molar-refractivity contribution in [1.29, 1.82) is 0 Å². The van der Waals surface area contributed by atoms with Gasteiger partial charge in [-0.15, -0.1) is 0 Å². The molecule has 0 saturated heterocycles. The van der Waals surface area contributed by atoms with Gasteiger partial charge in [0.05, 0.1) is 16.9 Å². The minimum atomic E-state index is -0.590. The first-order valence-corrected chi connectivity index (χ1v) is 6.40. The number of anilines is 2. The second kappa shape index (κ2) is 6.17. The summed E-state index contributed by atoms with van der Waals surface area (Å²) < 4.78 is 13.6. The van der Waals surface area contributed by atoms with E-state index in [-0.39, 0.29) is 11.5 Å². The summed E-state index contributed by atoms with van der Waals surface area (Å²) >= 11 is 0. The predicted molar refractivity (Wildman–Crippen MR) is 79.9 cm³/mol. The van der Waals surface area contributed by atoms with Crippen LogP contribution in [0.2, 0.25) is 0 Å². The van der Waals surface area contributed by atoms with E-state index in [0.717, 1.165) is 0 Å². The summed E-state index contributed by atoms with van der Waals surface area (Å²) in [5, 5.41) is 2.63. The normalized spacial score (nSPS) is 10.0. The molecule has 0 unspecified atom stereocenters. The van der Waals surface area contributed by atoms with E-state index < -0.39 is 11.7 Å². The van der Waals surface area contributed by atoms with Gasteiger partial charge in [0, 0.05) is 14.0 Å². The number of hydrogen-bond donors (Lipinski definition) is 1. The number of halogens is 1. The van der Waals surface area contributed by atoms with Crippen LogP contribution in [-0.2, 0) is 4.79 Å². The van der Waals surface area contributed by atoms with E-state index in [4.69, 9.17) is 0 Å². The maximum absolute atomic E-state index is 13.6. The van der Waals surface area contributed by atoms with Crippen molar-refractivity contribution in [1.82, 2.24) is 0 Å². The van der Waals surface area contributed by atoms with Crippen molar-refractivity contribution in [3.8, 4) is 0 Å². The highest BCUT2D eigenvalue weighted by atomic mass is 19.1. The van der Waals surface area contributed by atoms with Crippen LogP contribution in [0.5, 0.6) is 0 Å². The Morgan fingerprint density at radius 2 is 1.67 bits per heavy atom. The molecule has 2 aromatic rings. The van der Waals surface area contributed by atoms with Crippen molar-refractivity contribution < 1.29 is 14.0 Å². The summed E-state index contributed by atoms with van der Waals surface area (Å²) in [7, 11) is 1.61. The smallest absolute Gasteiger partial charge is 0.258 e. The van der Waals surface area contributed by atoms with Gasteiger partial charge in [0.2, 0.25) is 5.91 Å². The number of nitrogens with zero attached hydrogens (tertiary/aromatic N) is 1. The fourth-order valence-corrected chi connectivity index (χ4v) is 1.88. The van der Waals surface area contributed by atoms with Crippen molar-refractivity contribution in [2.24, 2.45) is 0 Å². The largest absolute Gasteiger partial charge is 0.320 e. The Bertz CT molecular complexity index is 685. The summed E-state index contributed by atoms with van der Waals surface area (Å²) in [6, 6.07) is 12.6. The lowest BCUT2D eigenvalue weighted by Gasteiger charge is -2.19. The molecule has 2 aromatic carbocycles. The average molecular weight is 286 g/mol. The number of amides is 2. The van der Waals surface area contributed by atoms with Crippen LogP contribution in [0.15, 0.2) is 48.5 Å².